The maximum absolute atomic E-state index is 12.7. The fourth-order valence-electron chi connectivity index (χ4n) is 2.81. The van der Waals surface area contributed by atoms with Crippen molar-refractivity contribution in [2.45, 2.75) is 0 Å². The van der Waals surface area contributed by atoms with E-state index < -0.39 is 0 Å². The molecule has 0 N–H and O–H groups in total. The molecule has 0 saturated carbocycles. The number of furan rings is 1. The highest BCUT2D eigenvalue weighted by molar-refractivity contribution is 9.10. The Morgan fingerprint density at radius 1 is 1.11 bits per heavy atom. The highest BCUT2D eigenvalue weighted by Crippen LogP contribution is 2.25. The Kier molecular flexibility index (Phi) is 4.14. The average Bonchev–Trinajstić information content (AvgIpc) is 3.41. The number of hydrogen-bond donors (Lipinski definition) is 0. The fraction of sp³-hybridized carbons (Fsp3) is 0. The van der Waals surface area contributed by atoms with Crippen molar-refractivity contribution in [2.75, 3.05) is 0 Å². The molecule has 0 radical (unpaired) electrons. The number of halogens is 1. The Bertz CT molecular complexity index is 1410. The molecule has 0 aliphatic rings. The lowest BCUT2D eigenvalue weighted by Crippen LogP contribution is -2.23. The van der Waals surface area contributed by atoms with Crippen molar-refractivity contribution in [3.05, 3.63) is 86.0 Å². The predicted molar refractivity (Wildman–Crippen MR) is 111 cm³/mol. The van der Waals surface area contributed by atoms with Gasteiger partial charge in [-0.3, -0.25) is 9.78 Å². The minimum Gasteiger partial charge on any atom is -0.457 e. The zero-order valence-electron chi connectivity index (χ0n) is 14.2. The third-order valence-corrected chi connectivity index (χ3v) is 5.56. The van der Waals surface area contributed by atoms with Crippen molar-refractivity contribution in [3.8, 4) is 22.7 Å². The molecule has 136 valence electrons. The first-order valence-electron chi connectivity index (χ1n) is 8.35. The van der Waals surface area contributed by atoms with Gasteiger partial charge in [-0.2, -0.15) is 9.50 Å². The van der Waals surface area contributed by atoms with E-state index in [2.05, 4.69) is 31.0 Å². The molecule has 6 nitrogen and oxygen atoms in total. The molecule has 1 aromatic carbocycles. The highest BCUT2D eigenvalue weighted by Gasteiger charge is 2.12. The number of aromatic nitrogens is 4. The molecule has 0 spiro atoms. The van der Waals surface area contributed by atoms with E-state index in [0.29, 0.717) is 21.1 Å². The zero-order valence-corrected chi connectivity index (χ0v) is 16.6. The first-order valence-corrected chi connectivity index (χ1v) is 9.96. The Morgan fingerprint density at radius 2 is 2.00 bits per heavy atom. The average molecular weight is 451 g/mol. The van der Waals surface area contributed by atoms with Gasteiger partial charge in [0.2, 0.25) is 4.96 Å². The van der Waals surface area contributed by atoms with Crippen LogP contribution in [0.1, 0.15) is 5.76 Å². The Morgan fingerprint density at radius 3 is 2.79 bits per heavy atom. The number of pyridine rings is 1. The molecular weight excluding hydrogens is 440 g/mol. The van der Waals surface area contributed by atoms with Gasteiger partial charge in [0.15, 0.2) is 5.82 Å². The summed E-state index contributed by atoms with van der Waals surface area (Å²) >= 11 is 4.73. The molecule has 0 bridgehead atoms. The lowest BCUT2D eigenvalue weighted by Gasteiger charge is -1.96. The lowest BCUT2D eigenvalue weighted by atomic mass is 10.2. The quantitative estimate of drug-likeness (QED) is 0.418. The van der Waals surface area contributed by atoms with Gasteiger partial charge in [-0.1, -0.05) is 39.4 Å². The molecule has 0 aliphatic heterocycles. The Balaban J connectivity index is 1.53. The van der Waals surface area contributed by atoms with E-state index in [1.807, 2.05) is 48.5 Å². The fourth-order valence-corrected chi connectivity index (χ4v) is 4.09. The van der Waals surface area contributed by atoms with Crippen LogP contribution in [0.3, 0.4) is 0 Å². The van der Waals surface area contributed by atoms with Gasteiger partial charge in [-0.05, 0) is 36.4 Å². The van der Waals surface area contributed by atoms with Crippen LogP contribution in [-0.2, 0) is 0 Å². The topological polar surface area (TPSA) is 73.3 Å². The van der Waals surface area contributed by atoms with Crippen molar-refractivity contribution >= 4 is 38.3 Å². The van der Waals surface area contributed by atoms with E-state index in [9.17, 15) is 4.79 Å². The highest BCUT2D eigenvalue weighted by atomic mass is 79.9. The van der Waals surface area contributed by atoms with Crippen LogP contribution >= 0.6 is 27.3 Å². The molecule has 4 heterocycles. The standard InChI is InChI=1S/C20H11BrN4O2S/c21-14-5-1-3-12(9-14)16-7-6-15(27-16)10-17-19(26)25-20(28-17)23-18(24-25)13-4-2-8-22-11-13/h1-11H. The summed E-state index contributed by atoms with van der Waals surface area (Å²) in [5.41, 5.74) is 1.51. The summed E-state index contributed by atoms with van der Waals surface area (Å²) in [4.78, 5) is 21.7. The summed E-state index contributed by atoms with van der Waals surface area (Å²) in [7, 11) is 0. The van der Waals surface area contributed by atoms with Crippen molar-refractivity contribution < 1.29 is 4.42 Å². The Labute approximate surface area is 170 Å². The molecule has 28 heavy (non-hydrogen) atoms. The number of benzene rings is 1. The van der Waals surface area contributed by atoms with Crippen LogP contribution in [-0.4, -0.2) is 19.6 Å². The number of nitrogens with zero attached hydrogens (tertiary/aromatic N) is 4. The first-order chi connectivity index (χ1) is 13.7. The minimum atomic E-state index is -0.219. The van der Waals surface area contributed by atoms with Crippen molar-refractivity contribution in [3.63, 3.8) is 0 Å². The molecule has 0 fully saturated rings. The van der Waals surface area contributed by atoms with Gasteiger partial charge in [0, 0.05) is 34.1 Å². The van der Waals surface area contributed by atoms with E-state index in [1.165, 1.54) is 15.9 Å². The maximum Gasteiger partial charge on any atom is 0.291 e. The van der Waals surface area contributed by atoms with Gasteiger partial charge < -0.3 is 4.42 Å². The van der Waals surface area contributed by atoms with Gasteiger partial charge >= 0.3 is 0 Å². The maximum atomic E-state index is 12.7. The summed E-state index contributed by atoms with van der Waals surface area (Å²) in [6, 6.07) is 15.2. The molecule has 5 rings (SSSR count). The monoisotopic (exact) mass is 450 g/mol. The van der Waals surface area contributed by atoms with E-state index in [-0.39, 0.29) is 5.56 Å². The SMILES string of the molecule is O=c1c(=Cc2ccc(-c3cccc(Br)c3)o2)sc2nc(-c3cccnc3)nn12. The number of rotatable bonds is 3. The van der Waals surface area contributed by atoms with E-state index >= 15 is 0 Å². The summed E-state index contributed by atoms with van der Waals surface area (Å²) in [5.74, 6) is 1.82. The summed E-state index contributed by atoms with van der Waals surface area (Å²) < 4.78 is 8.69. The largest absolute Gasteiger partial charge is 0.457 e. The summed E-state index contributed by atoms with van der Waals surface area (Å²) in [6.07, 6.45) is 5.07. The number of hydrogen-bond acceptors (Lipinski definition) is 6. The Hall–Kier alpha value is -3.10. The van der Waals surface area contributed by atoms with Crippen LogP contribution in [0.5, 0.6) is 0 Å². The summed E-state index contributed by atoms with van der Waals surface area (Å²) in [6.45, 7) is 0. The molecule has 0 atom stereocenters. The van der Waals surface area contributed by atoms with Gasteiger partial charge in [-0.25, -0.2) is 0 Å². The van der Waals surface area contributed by atoms with Crippen LogP contribution in [0.4, 0.5) is 0 Å². The van der Waals surface area contributed by atoms with E-state index in [4.69, 9.17) is 4.42 Å². The second-order valence-electron chi connectivity index (χ2n) is 6.00. The van der Waals surface area contributed by atoms with E-state index in [1.54, 1.807) is 18.5 Å². The third kappa shape index (κ3) is 3.06. The molecule has 0 unspecified atom stereocenters. The third-order valence-electron chi connectivity index (χ3n) is 4.11. The number of thiazole rings is 1. The minimum absolute atomic E-state index is 0.219. The molecule has 8 heteroatoms. The predicted octanol–water partition coefficient (Wildman–Crippen LogP) is 3.78. The van der Waals surface area contributed by atoms with Gasteiger partial charge in [0.1, 0.15) is 16.1 Å². The van der Waals surface area contributed by atoms with Crippen LogP contribution in [0.15, 0.2) is 74.6 Å². The van der Waals surface area contributed by atoms with Crippen molar-refractivity contribution in [2.24, 2.45) is 0 Å². The first kappa shape index (κ1) is 17.0. The normalized spacial score (nSPS) is 12.1. The van der Waals surface area contributed by atoms with Crippen LogP contribution < -0.4 is 10.1 Å². The molecular formula is C20H11BrN4O2S. The molecule has 5 aromatic rings. The zero-order chi connectivity index (χ0) is 19.1. The molecule has 0 aliphatic carbocycles. The molecule has 0 amide bonds. The molecule has 4 aromatic heterocycles. The van der Waals surface area contributed by atoms with Gasteiger partial charge in [-0.15, -0.1) is 5.10 Å². The molecule has 0 saturated heterocycles. The van der Waals surface area contributed by atoms with Gasteiger partial charge in [0.25, 0.3) is 5.56 Å². The van der Waals surface area contributed by atoms with Crippen LogP contribution in [0.25, 0.3) is 33.7 Å². The van der Waals surface area contributed by atoms with Crippen LogP contribution in [0.2, 0.25) is 0 Å². The van der Waals surface area contributed by atoms with Crippen LogP contribution in [0, 0.1) is 0 Å². The second kappa shape index (κ2) is 6.81. The van der Waals surface area contributed by atoms with Crippen molar-refractivity contribution in [1.29, 1.82) is 0 Å². The number of fused-ring (bicyclic) bond motifs is 1. The second-order valence-corrected chi connectivity index (χ2v) is 7.92. The van der Waals surface area contributed by atoms with E-state index in [0.717, 1.165) is 21.4 Å². The summed E-state index contributed by atoms with van der Waals surface area (Å²) in [5, 5.41) is 4.31. The van der Waals surface area contributed by atoms with Crippen molar-refractivity contribution in [1.82, 2.24) is 19.6 Å². The smallest absolute Gasteiger partial charge is 0.291 e. The van der Waals surface area contributed by atoms with Gasteiger partial charge in [0.05, 0.1) is 0 Å². The lowest BCUT2D eigenvalue weighted by molar-refractivity contribution is 0.571.